The van der Waals surface area contributed by atoms with Crippen molar-refractivity contribution in [1.82, 2.24) is 4.98 Å². The quantitative estimate of drug-likeness (QED) is 0.595. The zero-order valence-electron chi connectivity index (χ0n) is 9.73. The van der Waals surface area contributed by atoms with Gasteiger partial charge in [0.25, 0.3) is 0 Å². The minimum atomic E-state index is -1.24. The first-order valence-electron chi connectivity index (χ1n) is 5.46. The van der Waals surface area contributed by atoms with Crippen LogP contribution in [0, 0.1) is 5.82 Å². The Morgan fingerprint density at radius 3 is 2.94 bits per heavy atom. The largest absolute Gasteiger partial charge is 0.478 e. The maximum atomic E-state index is 12.8. The Morgan fingerprint density at radius 1 is 1.50 bits per heavy atom. The summed E-state index contributed by atoms with van der Waals surface area (Å²) >= 11 is 0. The molecule has 0 amide bonds. The van der Waals surface area contributed by atoms with Crippen LogP contribution in [0.3, 0.4) is 0 Å². The molecule has 0 radical (unpaired) electrons. The van der Waals surface area contributed by atoms with Gasteiger partial charge in [0.15, 0.2) is 0 Å². The van der Waals surface area contributed by atoms with Crippen molar-refractivity contribution < 1.29 is 24.1 Å². The molecule has 7 heteroatoms. The fraction of sp³-hybridized carbons (Fsp3) is 0.455. The summed E-state index contributed by atoms with van der Waals surface area (Å²) in [6.45, 7) is 1.13. The number of pyridine rings is 1. The van der Waals surface area contributed by atoms with E-state index in [1.165, 1.54) is 0 Å². The van der Waals surface area contributed by atoms with Crippen LogP contribution >= 0.6 is 0 Å². The third-order valence-electron chi connectivity index (χ3n) is 2.08. The van der Waals surface area contributed by atoms with Gasteiger partial charge in [-0.15, -0.1) is 0 Å². The van der Waals surface area contributed by atoms with Crippen molar-refractivity contribution in [2.24, 2.45) is 0 Å². The summed E-state index contributed by atoms with van der Waals surface area (Å²) in [5.41, 5.74) is -0.203. The summed E-state index contributed by atoms with van der Waals surface area (Å²) in [7, 11) is 0. The van der Waals surface area contributed by atoms with Crippen LogP contribution in [0.2, 0.25) is 0 Å². The molecule has 100 valence electrons. The van der Waals surface area contributed by atoms with Gasteiger partial charge in [0.1, 0.15) is 17.2 Å². The highest BCUT2D eigenvalue weighted by atomic mass is 19.1. The number of rotatable bonds is 8. The number of carboxylic acids is 1. The Bertz CT molecular complexity index is 401. The fourth-order valence-corrected chi connectivity index (χ4v) is 1.29. The average Bonchev–Trinajstić information content (AvgIpc) is 2.35. The van der Waals surface area contributed by atoms with Crippen LogP contribution in [0.5, 0.6) is 0 Å². The summed E-state index contributed by atoms with van der Waals surface area (Å²) < 4.78 is 17.9. The van der Waals surface area contributed by atoms with E-state index < -0.39 is 11.8 Å². The number of halogens is 1. The lowest BCUT2D eigenvalue weighted by atomic mass is 10.2. The van der Waals surface area contributed by atoms with E-state index >= 15 is 0 Å². The van der Waals surface area contributed by atoms with Gasteiger partial charge in [-0.1, -0.05) is 0 Å². The average molecular weight is 258 g/mol. The lowest BCUT2D eigenvalue weighted by Crippen LogP contribution is -2.12. The van der Waals surface area contributed by atoms with Gasteiger partial charge in [-0.25, -0.2) is 14.2 Å². The molecule has 0 spiro atoms. The van der Waals surface area contributed by atoms with E-state index in [0.717, 1.165) is 12.3 Å². The highest BCUT2D eigenvalue weighted by Crippen LogP contribution is 2.13. The van der Waals surface area contributed by atoms with E-state index in [1.807, 2.05) is 0 Å². The minimum absolute atomic E-state index is 0.0316. The molecular formula is C11H15FN2O4. The van der Waals surface area contributed by atoms with Crippen molar-refractivity contribution in [3.63, 3.8) is 0 Å². The monoisotopic (exact) mass is 258 g/mol. The zero-order chi connectivity index (χ0) is 13.4. The number of ether oxygens (including phenoxy) is 1. The molecule has 0 saturated carbocycles. The number of aromatic carboxylic acids is 1. The highest BCUT2D eigenvalue weighted by molar-refractivity contribution is 5.93. The van der Waals surface area contributed by atoms with Crippen LogP contribution in [-0.4, -0.2) is 47.5 Å². The molecule has 0 fully saturated rings. The van der Waals surface area contributed by atoms with Crippen LogP contribution in [0.25, 0.3) is 0 Å². The van der Waals surface area contributed by atoms with Gasteiger partial charge in [-0.05, 0) is 12.5 Å². The lowest BCUT2D eigenvalue weighted by Gasteiger charge is -2.08. The summed E-state index contributed by atoms with van der Waals surface area (Å²) in [5, 5.41) is 20.1. The lowest BCUT2D eigenvalue weighted by molar-refractivity contribution is 0.0697. The molecule has 6 nitrogen and oxygen atoms in total. The van der Waals surface area contributed by atoms with Gasteiger partial charge in [0, 0.05) is 13.2 Å². The minimum Gasteiger partial charge on any atom is -0.478 e. The van der Waals surface area contributed by atoms with Gasteiger partial charge in [0.05, 0.1) is 19.4 Å². The molecule has 0 unspecified atom stereocenters. The molecule has 1 heterocycles. The summed E-state index contributed by atoms with van der Waals surface area (Å²) in [6.07, 6.45) is 1.58. The van der Waals surface area contributed by atoms with E-state index in [1.54, 1.807) is 0 Å². The van der Waals surface area contributed by atoms with Crippen LogP contribution in [-0.2, 0) is 4.74 Å². The first kappa shape index (κ1) is 14.3. The number of carboxylic acid groups (broad SMARTS) is 1. The van der Waals surface area contributed by atoms with E-state index in [9.17, 15) is 9.18 Å². The van der Waals surface area contributed by atoms with Crippen LogP contribution in [0.15, 0.2) is 12.3 Å². The van der Waals surface area contributed by atoms with E-state index in [-0.39, 0.29) is 24.6 Å². The number of aliphatic hydroxyl groups is 1. The summed E-state index contributed by atoms with van der Waals surface area (Å²) in [6, 6.07) is 0.917. The fourth-order valence-electron chi connectivity index (χ4n) is 1.29. The predicted octanol–water partition coefficient (Wildman–Crippen LogP) is 0.730. The summed E-state index contributed by atoms with van der Waals surface area (Å²) in [4.78, 5) is 14.5. The number of anilines is 1. The predicted molar refractivity (Wildman–Crippen MR) is 62.2 cm³/mol. The van der Waals surface area contributed by atoms with Gasteiger partial charge in [-0.2, -0.15) is 0 Å². The van der Waals surface area contributed by atoms with Gasteiger partial charge < -0.3 is 20.3 Å². The van der Waals surface area contributed by atoms with Gasteiger partial charge in [-0.3, -0.25) is 0 Å². The molecule has 0 aromatic carbocycles. The third-order valence-corrected chi connectivity index (χ3v) is 2.08. The standard InChI is InChI=1S/C11H15FN2O4/c12-8-6-9(11(16)17)10(14-7-8)13-2-1-4-18-5-3-15/h6-7,15H,1-5H2,(H,13,14)(H,16,17). The molecule has 0 atom stereocenters. The number of hydrogen-bond acceptors (Lipinski definition) is 5. The molecule has 18 heavy (non-hydrogen) atoms. The first-order chi connectivity index (χ1) is 8.65. The molecule has 1 rings (SSSR count). The van der Waals surface area contributed by atoms with E-state index in [2.05, 4.69) is 10.3 Å². The molecule has 0 aliphatic rings. The molecule has 1 aromatic heterocycles. The van der Waals surface area contributed by atoms with E-state index in [4.69, 9.17) is 14.9 Å². The smallest absolute Gasteiger partial charge is 0.339 e. The maximum Gasteiger partial charge on any atom is 0.339 e. The third kappa shape index (κ3) is 4.64. The number of carbonyl (C=O) groups is 1. The maximum absolute atomic E-state index is 12.8. The van der Waals surface area contributed by atoms with Crippen molar-refractivity contribution in [3.05, 3.63) is 23.6 Å². The molecular weight excluding hydrogens is 243 g/mol. The van der Waals surface area contributed by atoms with Gasteiger partial charge >= 0.3 is 5.97 Å². The number of aromatic nitrogens is 1. The van der Waals surface area contributed by atoms with Crippen LogP contribution in [0.1, 0.15) is 16.8 Å². The van der Waals surface area contributed by atoms with Crippen molar-refractivity contribution in [1.29, 1.82) is 0 Å². The topological polar surface area (TPSA) is 91.7 Å². The molecule has 0 bridgehead atoms. The van der Waals surface area contributed by atoms with Crippen molar-refractivity contribution in [2.45, 2.75) is 6.42 Å². The Hall–Kier alpha value is -1.73. The molecule has 0 aliphatic heterocycles. The number of nitrogens with zero attached hydrogens (tertiary/aromatic N) is 1. The second-order valence-electron chi connectivity index (χ2n) is 3.47. The number of hydrogen-bond donors (Lipinski definition) is 3. The van der Waals surface area contributed by atoms with Crippen molar-refractivity contribution in [2.75, 3.05) is 31.7 Å². The highest BCUT2D eigenvalue weighted by Gasteiger charge is 2.12. The second-order valence-corrected chi connectivity index (χ2v) is 3.47. The Kier molecular flexibility index (Phi) is 6.03. The van der Waals surface area contributed by atoms with Crippen molar-refractivity contribution in [3.8, 4) is 0 Å². The van der Waals surface area contributed by atoms with E-state index in [0.29, 0.717) is 19.6 Å². The zero-order valence-corrected chi connectivity index (χ0v) is 9.73. The Morgan fingerprint density at radius 2 is 2.28 bits per heavy atom. The Labute approximate surface area is 103 Å². The molecule has 1 aromatic rings. The van der Waals surface area contributed by atoms with Crippen LogP contribution < -0.4 is 5.32 Å². The van der Waals surface area contributed by atoms with Crippen LogP contribution in [0.4, 0.5) is 10.2 Å². The normalized spacial score (nSPS) is 10.3. The molecule has 0 aliphatic carbocycles. The number of aliphatic hydroxyl groups excluding tert-OH is 1. The van der Waals surface area contributed by atoms with Crippen molar-refractivity contribution >= 4 is 11.8 Å². The number of nitrogens with one attached hydrogen (secondary N) is 1. The summed E-state index contributed by atoms with van der Waals surface area (Å²) in [5.74, 6) is -1.80. The second kappa shape index (κ2) is 7.57. The molecule has 0 saturated heterocycles. The Balaban J connectivity index is 2.44. The SMILES string of the molecule is O=C(O)c1cc(F)cnc1NCCCOCCO. The van der Waals surface area contributed by atoms with Gasteiger partial charge in [0.2, 0.25) is 0 Å². The first-order valence-corrected chi connectivity index (χ1v) is 5.46. The molecule has 3 N–H and O–H groups in total.